The fourth-order valence-corrected chi connectivity index (χ4v) is 0.648. The molecule has 0 N–H and O–H groups in total. The fraction of sp³-hybridized carbons (Fsp3) is 0.333. The van der Waals surface area contributed by atoms with Gasteiger partial charge in [0.1, 0.15) is 0 Å². The van der Waals surface area contributed by atoms with E-state index in [1.807, 2.05) is 3.11 Å². The van der Waals surface area contributed by atoms with E-state index >= 15 is 0 Å². The quantitative estimate of drug-likeness (QED) is 0.379. The highest BCUT2D eigenvalue weighted by Crippen LogP contribution is 1.93. The second-order valence-electron chi connectivity index (χ2n) is 1.19. The molecule has 0 bridgehead atoms. The average molecular weight is 219 g/mol. The summed E-state index contributed by atoms with van der Waals surface area (Å²) in [6.45, 7) is 1.23. The number of terminal acetylenes is 2. The Hall–Kier alpha value is -0.190. The van der Waals surface area contributed by atoms with Crippen molar-refractivity contribution in [2.24, 2.45) is 0 Å². The standard InChI is InChI=1S/C6H6IN/c1-3-5-8(7)6-4-2/h1-2H,5-6H2. The van der Waals surface area contributed by atoms with Crippen LogP contribution in [-0.2, 0) is 0 Å². The average Bonchev–Trinajstić information content (AvgIpc) is 1.68. The largest absolute Gasteiger partial charge is 0.224 e. The van der Waals surface area contributed by atoms with Gasteiger partial charge in [-0.1, -0.05) is 11.8 Å². The number of rotatable bonds is 2. The first-order chi connectivity index (χ1) is 3.81. The Balaban J connectivity index is 3.25. The van der Waals surface area contributed by atoms with Crippen molar-refractivity contribution in [1.82, 2.24) is 3.11 Å². The van der Waals surface area contributed by atoms with Crippen molar-refractivity contribution in [2.75, 3.05) is 13.1 Å². The summed E-state index contributed by atoms with van der Waals surface area (Å²) in [6.07, 6.45) is 9.99. The highest BCUT2D eigenvalue weighted by Gasteiger charge is 1.89. The molecule has 0 aliphatic rings. The molecule has 0 radical (unpaired) electrons. The lowest BCUT2D eigenvalue weighted by Crippen LogP contribution is -2.10. The Morgan fingerprint density at radius 3 is 1.88 bits per heavy atom. The van der Waals surface area contributed by atoms with Crippen molar-refractivity contribution in [2.45, 2.75) is 0 Å². The van der Waals surface area contributed by atoms with Gasteiger partial charge in [-0.3, -0.25) is 0 Å². The highest BCUT2D eigenvalue weighted by molar-refractivity contribution is 14.1. The lowest BCUT2D eigenvalue weighted by molar-refractivity contribution is 0.647. The van der Waals surface area contributed by atoms with E-state index in [9.17, 15) is 0 Å². The van der Waals surface area contributed by atoms with E-state index in [1.54, 1.807) is 0 Å². The summed E-state index contributed by atoms with van der Waals surface area (Å²) in [5.41, 5.74) is 0. The summed E-state index contributed by atoms with van der Waals surface area (Å²) in [4.78, 5) is 0. The first kappa shape index (κ1) is 7.81. The van der Waals surface area contributed by atoms with E-state index in [2.05, 4.69) is 34.7 Å². The zero-order valence-electron chi connectivity index (χ0n) is 4.39. The predicted octanol–water partition coefficient (Wildman–Crippen LogP) is 0.905. The first-order valence-electron chi connectivity index (χ1n) is 2.09. The maximum Gasteiger partial charge on any atom is 0.0701 e. The minimum absolute atomic E-state index is 0.616. The van der Waals surface area contributed by atoms with Gasteiger partial charge in [0, 0.05) is 22.9 Å². The molecule has 0 aliphatic heterocycles. The third-order valence-corrected chi connectivity index (χ3v) is 1.21. The molecule has 0 aromatic rings. The molecule has 0 rings (SSSR count). The Morgan fingerprint density at radius 2 is 1.62 bits per heavy atom. The Bertz CT molecular complexity index is 112. The molecule has 0 spiro atoms. The van der Waals surface area contributed by atoms with Crippen LogP contribution in [0.15, 0.2) is 0 Å². The van der Waals surface area contributed by atoms with Crippen LogP contribution in [0.25, 0.3) is 0 Å². The first-order valence-corrected chi connectivity index (χ1v) is 3.05. The summed E-state index contributed by atoms with van der Waals surface area (Å²) in [5.74, 6) is 4.95. The topological polar surface area (TPSA) is 3.24 Å². The minimum Gasteiger partial charge on any atom is -0.224 e. The van der Waals surface area contributed by atoms with Crippen LogP contribution in [0.5, 0.6) is 0 Å². The van der Waals surface area contributed by atoms with E-state index in [-0.39, 0.29) is 0 Å². The van der Waals surface area contributed by atoms with Crippen molar-refractivity contribution < 1.29 is 0 Å². The number of hydrogen-bond acceptors (Lipinski definition) is 1. The molecule has 0 atom stereocenters. The molecular weight excluding hydrogens is 213 g/mol. The van der Waals surface area contributed by atoms with Crippen molar-refractivity contribution in [3.63, 3.8) is 0 Å². The Labute approximate surface area is 63.9 Å². The monoisotopic (exact) mass is 219 g/mol. The SMILES string of the molecule is C#CCN(I)CC#C. The zero-order chi connectivity index (χ0) is 6.41. The molecule has 1 nitrogen and oxygen atoms in total. The van der Waals surface area contributed by atoms with Crippen LogP contribution < -0.4 is 0 Å². The molecule has 8 heavy (non-hydrogen) atoms. The number of hydrogen-bond donors (Lipinski definition) is 0. The van der Waals surface area contributed by atoms with E-state index in [0.29, 0.717) is 13.1 Å². The summed E-state index contributed by atoms with van der Waals surface area (Å²) < 4.78 is 1.86. The third-order valence-electron chi connectivity index (χ3n) is 0.526. The molecule has 0 saturated carbocycles. The van der Waals surface area contributed by atoms with Crippen LogP contribution in [0.1, 0.15) is 0 Å². The molecule has 2 heteroatoms. The second kappa shape index (κ2) is 4.96. The van der Waals surface area contributed by atoms with Crippen molar-refractivity contribution in [1.29, 1.82) is 0 Å². The van der Waals surface area contributed by atoms with Gasteiger partial charge in [0.05, 0.1) is 13.1 Å². The molecule has 0 aliphatic carbocycles. The van der Waals surface area contributed by atoms with Gasteiger partial charge in [-0.15, -0.1) is 12.8 Å². The number of nitrogens with zero attached hydrogens (tertiary/aromatic N) is 1. The molecule has 0 amide bonds. The van der Waals surface area contributed by atoms with E-state index in [1.165, 1.54) is 0 Å². The lowest BCUT2D eigenvalue weighted by atomic mass is 10.6. The van der Waals surface area contributed by atoms with Crippen LogP contribution in [0.4, 0.5) is 0 Å². The van der Waals surface area contributed by atoms with E-state index in [0.717, 1.165) is 0 Å². The summed E-state index contributed by atoms with van der Waals surface area (Å²) in [6, 6.07) is 0. The van der Waals surface area contributed by atoms with Gasteiger partial charge in [-0.05, 0) is 0 Å². The van der Waals surface area contributed by atoms with Gasteiger partial charge in [0.25, 0.3) is 0 Å². The van der Waals surface area contributed by atoms with Gasteiger partial charge in [0.15, 0.2) is 0 Å². The Kier molecular flexibility index (Phi) is 4.84. The zero-order valence-corrected chi connectivity index (χ0v) is 6.55. The maximum absolute atomic E-state index is 4.99. The van der Waals surface area contributed by atoms with Crippen LogP contribution >= 0.6 is 22.9 Å². The van der Waals surface area contributed by atoms with Crippen molar-refractivity contribution >= 4 is 22.9 Å². The van der Waals surface area contributed by atoms with Gasteiger partial charge >= 0.3 is 0 Å². The van der Waals surface area contributed by atoms with E-state index in [4.69, 9.17) is 12.8 Å². The van der Waals surface area contributed by atoms with E-state index < -0.39 is 0 Å². The molecule has 0 unspecified atom stereocenters. The minimum atomic E-state index is 0.616. The molecular formula is C6H6IN. The summed E-state index contributed by atoms with van der Waals surface area (Å²) in [5, 5.41) is 0. The smallest absolute Gasteiger partial charge is 0.0701 e. The van der Waals surface area contributed by atoms with Crippen LogP contribution in [0.3, 0.4) is 0 Å². The van der Waals surface area contributed by atoms with Crippen molar-refractivity contribution in [3.05, 3.63) is 0 Å². The second-order valence-corrected chi connectivity index (χ2v) is 2.55. The molecule has 0 heterocycles. The maximum atomic E-state index is 4.99. The fourth-order valence-electron chi connectivity index (χ4n) is 0.254. The summed E-state index contributed by atoms with van der Waals surface area (Å²) >= 11 is 2.09. The molecule has 0 saturated heterocycles. The summed E-state index contributed by atoms with van der Waals surface area (Å²) in [7, 11) is 0. The van der Waals surface area contributed by atoms with Gasteiger partial charge in [-0.25, -0.2) is 3.11 Å². The third kappa shape index (κ3) is 3.98. The van der Waals surface area contributed by atoms with Gasteiger partial charge < -0.3 is 0 Å². The lowest BCUT2D eigenvalue weighted by Gasteiger charge is -2.02. The van der Waals surface area contributed by atoms with Crippen molar-refractivity contribution in [3.8, 4) is 24.7 Å². The molecule has 0 aromatic heterocycles. The van der Waals surface area contributed by atoms with Gasteiger partial charge in [-0.2, -0.15) is 0 Å². The van der Waals surface area contributed by atoms with Crippen LogP contribution in [-0.4, -0.2) is 16.2 Å². The predicted molar refractivity (Wildman–Crippen MR) is 43.3 cm³/mol. The number of halogens is 1. The van der Waals surface area contributed by atoms with Crippen LogP contribution in [0.2, 0.25) is 0 Å². The molecule has 0 aromatic carbocycles. The normalized spacial score (nSPS) is 8.00. The molecule has 0 fully saturated rings. The molecule has 42 valence electrons. The highest BCUT2D eigenvalue weighted by atomic mass is 127. The van der Waals surface area contributed by atoms with Crippen LogP contribution in [0, 0.1) is 24.7 Å². The Morgan fingerprint density at radius 1 is 1.25 bits per heavy atom. The van der Waals surface area contributed by atoms with Gasteiger partial charge in [0.2, 0.25) is 0 Å².